The third-order valence-electron chi connectivity index (χ3n) is 3.63. The molecule has 0 spiro atoms. The zero-order valence-corrected chi connectivity index (χ0v) is 9.92. The van der Waals surface area contributed by atoms with Gasteiger partial charge in [-0.05, 0) is 37.5 Å². The Morgan fingerprint density at radius 1 is 1.53 bits per heavy atom. The molecule has 92 valence electrons. The van der Waals surface area contributed by atoms with Crippen molar-refractivity contribution in [3.05, 3.63) is 29.6 Å². The third-order valence-corrected chi connectivity index (χ3v) is 3.63. The lowest BCUT2D eigenvalue weighted by Crippen LogP contribution is -2.47. The number of aryl methyl sites for hydroxylation is 1. The van der Waals surface area contributed by atoms with Crippen LogP contribution in [0.2, 0.25) is 0 Å². The van der Waals surface area contributed by atoms with Crippen LogP contribution in [0.3, 0.4) is 0 Å². The maximum atomic E-state index is 13.1. The molecule has 1 fully saturated rings. The van der Waals surface area contributed by atoms with Crippen molar-refractivity contribution in [2.75, 3.05) is 11.9 Å². The fraction of sp³-hybridized carbons (Fsp3) is 0.462. The standard InChI is InChI=1S/C13H17FN2O/c1-9-3-4-10(14)7-11(9)16-12(17)13(8-15)5-2-6-13/h3-4,7H,2,5-6,8,15H2,1H3,(H,16,17). The Bertz CT molecular complexity index is 436. The molecule has 1 aliphatic carbocycles. The Morgan fingerprint density at radius 2 is 2.24 bits per heavy atom. The van der Waals surface area contributed by atoms with Crippen molar-refractivity contribution in [1.82, 2.24) is 0 Å². The summed E-state index contributed by atoms with van der Waals surface area (Å²) >= 11 is 0. The molecule has 1 aliphatic rings. The van der Waals surface area contributed by atoms with Gasteiger partial charge in [-0.2, -0.15) is 0 Å². The molecule has 2 rings (SSSR count). The number of hydrogen-bond acceptors (Lipinski definition) is 2. The van der Waals surface area contributed by atoms with E-state index in [0.29, 0.717) is 12.2 Å². The zero-order chi connectivity index (χ0) is 12.5. The van der Waals surface area contributed by atoms with Gasteiger partial charge in [0.15, 0.2) is 0 Å². The monoisotopic (exact) mass is 236 g/mol. The molecule has 0 bridgehead atoms. The first kappa shape index (κ1) is 12.0. The van der Waals surface area contributed by atoms with Gasteiger partial charge in [0.05, 0.1) is 5.41 Å². The first-order valence-electron chi connectivity index (χ1n) is 5.85. The number of hydrogen-bond donors (Lipinski definition) is 2. The van der Waals surface area contributed by atoms with Crippen LogP contribution < -0.4 is 11.1 Å². The Labute approximate surface area is 100 Å². The van der Waals surface area contributed by atoms with Crippen LogP contribution >= 0.6 is 0 Å². The van der Waals surface area contributed by atoms with Gasteiger partial charge in [-0.1, -0.05) is 12.5 Å². The molecule has 0 unspecified atom stereocenters. The van der Waals surface area contributed by atoms with Gasteiger partial charge >= 0.3 is 0 Å². The second-order valence-electron chi connectivity index (χ2n) is 4.75. The number of rotatable bonds is 3. The normalized spacial score (nSPS) is 17.4. The van der Waals surface area contributed by atoms with E-state index in [9.17, 15) is 9.18 Å². The quantitative estimate of drug-likeness (QED) is 0.845. The van der Waals surface area contributed by atoms with E-state index < -0.39 is 5.41 Å². The van der Waals surface area contributed by atoms with Gasteiger partial charge in [0.2, 0.25) is 5.91 Å². The molecule has 0 heterocycles. The second-order valence-corrected chi connectivity index (χ2v) is 4.75. The summed E-state index contributed by atoms with van der Waals surface area (Å²) in [7, 11) is 0. The number of anilines is 1. The SMILES string of the molecule is Cc1ccc(F)cc1NC(=O)C1(CN)CCC1. The second kappa shape index (κ2) is 4.45. The lowest BCUT2D eigenvalue weighted by Gasteiger charge is -2.39. The fourth-order valence-electron chi connectivity index (χ4n) is 2.11. The van der Waals surface area contributed by atoms with Crippen LogP contribution in [0.15, 0.2) is 18.2 Å². The molecule has 0 aliphatic heterocycles. The molecule has 1 aromatic rings. The largest absolute Gasteiger partial charge is 0.329 e. The molecule has 17 heavy (non-hydrogen) atoms. The van der Waals surface area contributed by atoms with Gasteiger partial charge in [0.25, 0.3) is 0 Å². The third kappa shape index (κ3) is 2.17. The minimum absolute atomic E-state index is 0.0834. The molecule has 0 atom stereocenters. The highest BCUT2D eigenvalue weighted by Gasteiger charge is 2.42. The van der Waals surface area contributed by atoms with Crippen LogP contribution in [0.4, 0.5) is 10.1 Å². The van der Waals surface area contributed by atoms with Crippen molar-refractivity contribution in [3.63, 3.8) is 0 Å². The van der Waals surface area contributed by atoms with Gasteiger partial charge in [0, 0.05) is 12.2 Å². The van der Waals surface area contributed by atoms with E-state index in [0.717, 1.165) is 24.8 Å². The van der Waals surface area contributed by atoms with Gasteiger partial charge in [-0.3, -0.25) is 4.79 Å². The highest BCUT2D eigenvalue weighted by molar-refractivity contribution is 5.96. The average molecular weight is 236 g/mol. The highest BCUT2D eigenvalue weighted by atomic mass is 19.1. The maximum Gasteiger partial charge on any atom is 0.231 e. The molecule has 0 saturated heterocycles. The number of benzene rings is 1. The Hall–Kier alpha value is -1.42. The highest BCUT2D eigenvalue weighted by Crippen LogP contribution is 2.41. The first-order valence-corrected chi connectivity index (χ1v) is 5.85. The summed E-state index contributed by atoms with van der Waals surface area (Å²) in [4.78, 5) is 12.1. The van der Waals surface area contributed by atoms with Crippen molar-refractivity contribution in [2.24, 2.45) is 11.1 Å². The van der Waals surface area contributed by atoms with Gasteiger partial charge in [-0.25, -0.2) is 4.39 Å². The van der Waals surface area contributed by atoms with Gasteiger partial charge in [-0.15, -0.1) is 0 Å². The number of amides is 1. The van der Waals surface area contributed by atoms with Crippen LogP contribution in [0.25, 0.3) is 0 Å². The Balaban J connectivity index is 2.15. The fourth-order valence-corrected chi connectivity index (χ4v) is 2.11. The van der Waals surface area contributed by atoms with Crippen molar-refractivity contribution in [3.8, 4) is 0 Å². The molecular formula is C13H17FN2O. The lowest BCUT2D eigenvalue weighted by molar-refractivity contribution is -0.129. The minimum atomic E-state index is -0.432. The van der Waals surface area contributed by atoms with Crippen molar-refractivity contribution in [2.45, 2.75) is 26.2 Å². The molecule has 1 amide bonds. The smallest absolute Gasteiger partial charge is 0.231 e. The van der Waals surface area contributed by atoms with E-state index in [2.05, 4.69) is 5.32 Å². The summed E-state index contributed by atoms with van der Waals surface area (Å²) in [6.07, 6.45) is 2.68. The predicted molar refractivity (Wildman–Crippen MR) is 65.1 cm³/mol. The van der Waals surface area contributed by atoms with Gasteiger partial charge < -0.3 is 11.1 Å². The Morgan fingerprint density at radius 3 is 2.76 bits per heavy atom. The summed E-state index contributed by atoms with van der Waals surface area (Å²) in [5.41, 5.74) is 6.61. The first-order chi connectivity index (χ1) is 8.07. The number of carbonyl (C=O) groups is 1. The van der Waals surface area contributed by atoms with Crippen LogP contribution in [0.1, 0.15) is 24.8 Å². The summed E-state index contributed by atoms with van der Waals surface area (Å²) < 4.78 is 13.1. The number of halogens is 1. The molecule has 1 saturated carbocycles. The number of carbonyl (C=O) groups excluding carboxylic acids is 1. The molecule has 3 nitrogen and oxygen atoms in total. The van der Waals surface area contributed by atoms with E-state index >= 15 is 0 Å². The number of nitrogens with one attached hydrogen (secondary N) is 1. The molecule has 1 aromatic carbocycles. The van der Waals surface area contributed by atoms with E-state index in [-0.39, 0.29) is 11.7 Å². The Kier molecular flexibility index (Phi) is 3.15. The molecule has 0 aromatic heterocycles. The van der Waals surface area contributed by atoms with Crippen molar-refractivity contribution in [1.29, 1.82) is 0 Å². The number of nitrogens with two attached hydrogens (primary N) is 1. The summed E-state index contributed by atoms with van der Waals surface area (Å²) in [6, 6.07) is 4.38. The van der Waals surface area contributed by atoms with Gasteiger partial charge in [0.1, 0.15) is 5.82 Å². The topological polar surface area (TPSA) is 55.1 Å². The predicted octanol–water partition coefficient (Wildman–Crippen LogP) is 2.20. The molecular weight excluding hydrogens is 219 g/mol. The van der Waals surface area contributed by atoms with E-state index in [1.807, 2.05) is 6.92 Å². The molecule has 0 radical (unpaired) electrons. The maximum absolute atomic E-state index is 13.1. The molecule has 3 N–H and O–H groups in total. The van der Waals surface area contributed by atoms with E-state index in [4.69, 9.17) is 5.73 Å². The van der Waals surface area contributed by atoms with E-state index in [1.165, 1.54) is 12.1 Å². The van der Waals surface area contributed by atoms with Crippen LogP contribution in [-0.2, 0) is 4.79 Å². The van der Waals surface area contributed by atoms with Crippen molar-refractivity contribution < 1.29 is 9.18 Å². The molecule has 4 heteroatoms. The summed E-state index contributed by atoms with van der Waals surface area (Å²) in [6.45, 7) is 2.19. The minimum Gasteiger partial charge on any atom is -0.329 e. The summed E-state index contributed by atoms with van der Waals surface area (Å²) in [5, 5.41) is 2.79. The van der Waals surface area contributed by atoms with Crippen LogP contribution in [0, 0.1) is 18.2 Å². The summed E-state index contributed by atoms with van der Waals surface area (Å²) in [5.74, 6) is -0.429. The van der Waals surface area contributed by atoms with Crippen LogP contribution in [0.5, 0.6) is 0 Å². The van der Waals surface area contributed by atoms with E-state index in [1.54, 1.807) is 6.07 Å². The lowest BCUT2D eigenvalue weighted by atomic mass is 9.68. The average Bonchev–Trinajstić information content (AvgIpc) is 2.23. The zero-order valence-electron chi connectivity index (χ0n) is 9.92. The van der Waals surface area contributed by atoms with Crippen LogP contribution in [-0.4, -0.2) is 12.5 Å². The van der Waals surface area contributed by atoms with Crippen molar-refractivity contribution >= 4 is 11.6 Å².